The zero-order valence-electron chi connectivity index (χ0n) is 14.2. The molecule has 1 heterocycles. The molecule has 2 aromatic rings. The molecule has 3 rings (SSSR count). The molecule has 1 aliphatic rings. The average Bonchev–Trinajstić information content (AvgIpc) is 2.62. The number of rotatable bonds is 7. The van der Waals surface area contributed by atoms with E-state index < -0.39 is 0 Å². The third-order valence-corrected chi connectivity index (χ3v) is 5.06. The number of hydrogen-bond donors (Lipinski definition) is 0. The molecule has 5 heteroatoms. The van der Waals surface area contributed by atoms with Gasteiger partial charge in [-0.05, 0) is 60.8 Å². The molecule has 25 heavy (non-hydrogen) atoms. The lowest BCUT2D eigenvalue weighted by molar-refractivity contribution is 0.0374. The highest BCUT2D eigenvalue weighted by Gasteiger charge is 2.11. The molecular formula is C20H23BrClNO2. The van der Waals surface area contributed by atoms with Gasteiger partial charge < -0.3 is 9.47 Å². The summed E-state index contributed by atoms with van der Waals surface area (Å²) in [4.78, 5) is 2.47. The van der Waals surface area contributed by atoms with Gasteiger partial charge >= 0.3 is 0 Å². The normalized spacial score (nSPS) is 15.3. The fourth-order valence-corrected chi connectivity index (χ4v) is 3.61. The van der Waals surface area contributed by atoms with E-state index in [9.17, 15) is 0 Å². The van der Waals surface area contributed by atoms with Crippen LogP contribution >= 0.6 is 27.5 Å². The van der Waals surface area contributed by atoms with Gasteiger partial charge in [-0.3, -0.25) is 4.90 Å². The SMILES string of the molecule is Clc1cccc(COc2ccc(Br)cc2CCCN2CCOCC2)c1. The van der Waals surface area contributed by atoms with Crippen molar-refractivity contribution in [2.75, 3.05) is 32.8 Å². The van der Waals surface area contributed by atoms with Crippen LogP contribution in [0.25, 0.3) is 0 Å². The van der Waals surface area contributed by atoms with Crippen molar-refractivity contribution in [3.8, 4) is 5.75 Å². The van der Waals surface area contributed by atoms with Crippen molar-refractivity contribution < 1.29 is 9.47 Å². The van der Waals surface area contributed by atoms with Gasteiger partial charge in [-0.25, -0.2) is 0 Å². The zero-order valence-corrected chi connectivity index (χ0v) is 16.6. The molecule has 134 valence electrons. The fourth-order valence-electron chi connectivity index (χ4n) is 2.99. The Morgan fingerprint density at radius 3 is 2.76 bits per heavy atom. The molecular weight excluding hydrogens is 402 g/mol. The summed E-state index contributed by atoms with van der Waals surface area (Å²) in [6, 6.07) is 14.0. The quantitative estimate of drug-likeness (QED) is 0.628. The van der Waals surface area contributed by atoms with Crippen molar-refractivity contribution >= 4 is 27.5 Å². The molecule has 1 aliphatic heterocycles. The largest absolute Gasteiger partial charge is 0.489 e. The summed E-state index contributed by atoms with van der Waals surface area (Å²) in [5, 5.41) is 0.739. The van der Waals surface area contributed by atoms with Crippen LogP contribution in [0.15, 0.2) is 46.9 Å². The van der Waals surface area contributed by atoms with Crippen LogP contribution in [0, 0.1) is 0 Å². The van der Waals surface area contributed by atoms with Crippen LogP contribution in [-0.2, 0) is 17.8 Å². The number of morpholine rings is 1. The molecule has 0 saturated carbocycles. The first kappa shape index (κ1) is 18.7. The van der Waals surface area contributed by atoms with Crippen LogP contribution < -0.4 is 4.74 Å². The Labute approximate surface area is 163 Å². The van der Waals surface area contributed by atoms with Crippen molar-refractivity contribution in [2.45, 2.75) is 19.4 Å². The number of hydrogen-bond acceptors (Lipinski definition) is 3. The van der Waals surface area contributed by atoms with Crippen molar-refractivity contribution in [2.24, 2.45) is 0 Å². The Morgan fingerprint density at radius 2 is 1.96 bits per heavy atom. The van der Waals surface area contributed by atoms with Crippen LogP contribution in [-0.4, -0.2) is 37.7 Å². The van der Waals surface area contributed by atoms with E-state index in [1.165, 1.54) is 5.56 Å². The molecule has 0 radical (unpaired) electrons. The van der Waals surface area contributed by atoms with Crippen LogP contribution in [0.2, 0.25) is 5.02 Å². The average molecular weight is 425 g/mol. The Kier molecular flexibility index (Phi) is 7.17. The standard InChI is InChI=1S/C20H23BrClNO2/c21-18-6-7-20(25-15-16-3-1-5-19(22)13-16)17(14-18)4-2-8-23-9-11-24-12-10-23/h1,3,5-7,13-14H,2,4,8-12,15H2. The second-order valence-electron chi connectivity index (χ2n) is 6.23. The van der Waals surface area contributed by atoms with E-state index in [2.05, 4.69) is 26.9 Å². The highest BCUT2D eigenvalue weighted by Crippen LogP contribution is 2.26. The number of nitrogens with zero attached hydrogens (tertiary/aromatic N) is 1. The maximum atomic E-state index is 6.06. The van der Waals surface area contributed by atoms with Gasteiger partial charge in [-0.1, -0.05) is 39.7 Å². The van der Waals surface area contributed by atoms with Gasteiger partial charge in [-0.15, -0.1) is 0 Å². The van der Waals surface area contributed by atoms with E-state index in [0.29, 0.717) is 6.61 Å². The summed E-state index contributed by atoms with van der Waals surface area (Å²) in [7, 11) is 0. The number of ether oxygens (including phenoxy) is 2. The molecule has 1 saturated heterocycles. The van der Waals surface area contributed by atoms with E-state index in [1.54, 1.807) is 0 Å². The summed E-state index contributed by atoms with van der Waals surface area (Å²) in [6.07, 6.45) is 2.12. The third-order valence-electron chi connectivity index (χ3n) is 4.33. The van der Waals surface area contributed by atoms with E-state index in [0.717, 1.165) is 66.5 Å². The van der Waals surface area contributed by atoms with Gasteiger partial charge in [0.1, 0.15) is 12.4 Å². The summed E-state index contributed by atoms with van der Waals surface area (Å²) in [5.41, 5.74) is 2.32. The lowest BCUT2D eigenvalue weighted by Gasteiger charge is -2.26. The molecule has 0 aliphatic carbocycles. The van der Waals surface area contributed by atoms with Crippen LogP contribution in [0.5, 0.6) is 5.75 Å². The van der Waals surface area contributed by atoms with Gasteiger partial charge in [0.05, 0.1) is 13.2 Å². The predicted octanol–water partition coefficient (Wildman–Crippen LogP) is 4.95. The van der Waals surface area contributed by atoms with Gasteiger partial charge in [0.15, 0.2) is 0 Å². The Morgan fingerprint density at radius 1 is 1.12 bits per heavy atom. The Bertz CT molecular complexity index is 689. The lowest BCUT2D eigenvalue weighted by atomic mass is 10.1. The molecule has 1 fully saturated rings. The predicted molar refractivity (Wildman–Crippen MR) is 106 cm³/mol. The molecule has 2 aromatic carbocycles. The maximum absolute atomic E-state index is 6.06. The van der Waals surface area contributed by atoms with Crippen molar-refractivity contribution in [3.05, 3.63) is 63.1 Å². The summed E-state index contributed by atoms with van der Waals surface area (Å²) in [5.74, 6) is 0.949. The van der Waals surface area contributed by atoms with Crippen LogP contribution in [0.4, 0.5) is 0 Å². The smallest absolute Gasteiger partial charge is 0.123 e. The van der Waals surface area contributed by atoms with Crippen molar-refractivity contribution in [1.82, 2.24) is 4.90 Å². The summed E-state index contributed by atoms with van der Waals surface area (Å²) >= 11 is 9.62. The molecule has 3 nitrogen and oxygen atoms in total. The van der Waals surface area contributed by atoms with Crippen molar-refractivity contribution in [1.29, 1.82) is 0 Å². The minimum atomic E-state index is 0.526. The Hall–Kier alpha value is -1.07. The van der Waals surface area contributed by atoms with Crippen LogP contribution in [0.3, 0.4) is 0 Å². The van der Waals surface area contributed by atoms with Gasteiger partial charge in [0.25, 0.3) is 0 Å². The molecule has 0 N–H and O–H groups in total. The highest BCUT2D eigenvalue weighted by molar-refractivity contribution is 9.10. The molecule has 0 unspecified atom stereocenters. The topological polar surface area (TPSA) is 21.7 Å². The molecule has 0 aromatic heterocycles. The minimum absolute atomic E-state index is 0.526. The molecule has 0 bridgehead atoms. The number of halogens is 2. The maximum Gasteiger partial charge on any atom is 0.123 e. The lowest BCUT2D eigenvalue weighted by Crippen LogP contribution is -2.36. The number of aryl methyl sites for hydroxylation is 1. The van der Waals surface area contributed by atoms with E-state index >= 15 is 0 Å². The van der Waals surface area contributed by atoms with Crippen LogP contribution in [0.1, 0.15) is 17.5 Å². The van der Waals surface area contributed by atoms with Gasteiger partial charge in [0.2, 0.25) is 0 Å². The molecule has 0 spiro atoms. The first-order valence-electron chi connectivity index (χ1n) is 8.66. The monoisotopic (exact) mass is 423 g/mol. The van der Waals surface area contributed by atoms with Gasteiger partial charge in [0, 0.05) is 22.6 Å². The Balaban J connectivity index is 1.57. The van der Waals surface area contributed by atoms with Gasteiger partial charge in [-0.2, -0.15) is 0 Å². The fraction of sp³-hybridized carbons (Fsp3) is 0.400. The summed E-state index contributed by atoms with van der Waals surface area (Å²) in [6.45, 7) is 5.41. The second-order valence-corrected chi connectivity index (χ2v) is 7.58. The molecule has 0 amide bonds. The first-order chi connectivity index (χ1) is 12.2. The highest BCUT2D eigenvalue weighted by atomic mass is 79.9. The van der Waals surface area contributed by atoms with Crippen molar-refractivity contribution in [3.63, 3.8) is 0 Å². The van der Waals surface area contributed by atoms with E-state index in [4.69, 9.17) is 21.1 Å². The second kappa shape index (κ2) is 9.58. The molecule has 0 atom stereocenters. The first-order valence-corrected chi connectivity index (χ1v) is 9.83. The third kappa shape index (κ3) is 6.00. The van der Waals surface area contributed by atoms with E-state index in [1.807, 2.05) is 36.4 Å². The summed E-state index contributed by atoms with van der Waals surface area (Å²) < 4.78 is 12.6. The minimum Gasteiger partial charge on any atom is -0.489 e. The number of benzene rings is 2. The van der Waals surface area contributed by atoms with E-state index in [-0.39, 0.29) is 0 Å². The zero-order chi connectivity index (χ0) is 17.5.